The molecule has 4 nitrogen and oxygen atoms in total. The first-order chi connectivity index (χ1) is 6.59. The van der Waals surface area contributed by atoms with E-state index in [2.05, 4.69) is 15.9 Å². The van der Waals surface area contributed by atoms with Gasteiger partial charge in [0.2, 0.25) is 0 Å². The van der Waals surface area contributed by atoms with Crippen molar-refractivity contribution in [3.05, 3.63) is 32.1 Å². The predicted molar refractivity (Wildman–Crippen MR) is 60.6 cm³/mol. The van der Waals surface area contributed by atoms with E-state index in [-0.39, 0.29) is 10.6 Å². The van der Waals surface area contributed by atoms with Crippen LogP contribution in [0.15, 0.2) is 22.0 Å². The zero-order valence-corrected chi connectivity index (χ0v) is 9.26. The highest BCUT2D eigenvalue weighted by molar-refractivity contribution is 9.10. The predicted octanol–water partition coefficient (Wildman–Crippen LogP) is 3.15. The molecule has 14 heavy (non-hydrogen) atoms. The zero-order chi connectivity index (χ0) is 10.3. The molecule has 2 aromatic rings. The van der Waals surface area contributed by atoms with E-state index in [0.717, 1.165) is 4.70 Å². The molecule has 0 aliphatic heterocycles. The molecule has 72 valence electrons. The van der Waals surface area contributed by atoms with Crippen molar-refractivity contribution in [2.75, 3.05) is 5.73 Å². The van der Waals surface area contributed by atoms with Gasteiger partial charge in [0.05, 0.1) is 15.7 Å². The molecule has 1 heterocycles. The second kappa shape index (κ2) is 3.21. The van der Waals surface area contributed by atoms with Gasteiger partial charge in [-0.05, 0) is 28.1 Å². The minimum Gasteiger partial charge on any atom is -0.398 e. The Morgan fingerprint density at radius 2 is 2.21 bits per heavy atom. The maximum absolute atomic E-state index is 10.6. The fourth-order valence-electron chi connectivity index (χ4n) is 1.19. The third kappa shape index (κ3) is 1.36. The van der Waals surface area contributed by atoms with Crippen molar-refractivity contribution in [2.45, 2.75) is 0 Å². The molecule has 2 N–H and O–H groups in total. The number of nitro groups is 1. The summed E-state index contributed by atoms with van der Waals surface area (Å²) in [6.07, 6.45) is 0. The smallest absolute Gasteiger partial charge is 0.287 e. The van der Waals surface area contributed by atoms with Gasteiger partial charge in [-0.15, -0.1) is 11.3 Å². The van der Waals surface area contributed by atoms with Gasteiger partial charge in [0, 0.05) is 14.9 Å². The van der Waals surface area contributed by atoms with Crippen LogP contribution >= 0.6 is 27.3 Å². The Labute approximate surface area is 91.6 Å². The van der Waals surface area contributed by atoms with Crippen LogP contribution in [0.3, 0.4) is 0 Å². The van der Waals surface area contributed by atoms with Crippen molar-refractivity contribution in [3.63, 3.8) is 0 Å². The van der Waals surface area contributed by atoms with Crippen LogP contribution in [0.1, 0.15) is 0 Å². The summed E-state index contributed by atoms with van der Waals surface area (Å²) < 4.78 is 1.52. The Kier molecular flexibility index (Phi) is 2.16. The number of fused-ring (bicyclic) bond motifs is 1. The van der Waals surface area contributed by atoms with E-state index in [4.69, 9.17) is 5.73 Å². The van der Waals surface area contributed by atoms with E-state index in [1.54, 1.807) is 12.1 Å². The van der Waals surface area contributed by atoms with Crippen LogP contribution in [-0.2, 0) is 0 Å². The molecule has 0 aliphatic rings. The van der Waals surface area contributed by atoms with E-state index in [9.17, 15) is 10.1 Å². The number of nitrogens with zero attached hydrogens (tertiary/aromatic N) is 1. The summed E-state index contributed by atoms with van der Waals surface area (Å²) in [5, 5.41) is 12.8. The van der Waals surface area contributed by atoms with Crippen molar-refractivity contribution < 1.29 is 4.92 Å². The molecule has 0 saturated heterocycles. The summed E-state index contributed by atoms with van der Waals surface area (Å²) in [6, 6.07) is 3.41. The van der Waals surface area contributed by atoms with Gasteiger partial charge in [-0.2, -0.15) is 0 Å². The molecule has 1 aromatic carbocycles. The Balaban J connectivity index is 2.80. The van der Waals surface area contributed by atoms with Crippen molar-refractivity contribution in [1.29, 1.82) is 0 Å². The molecule has 1 aromatic heterocycles. The number of hydrogen-bond donors (Lipinski definition) is 1. The third-order valence-corrected chi connectivity index (χ3v) is 3.49. The molecule has 0 aliphatic carbocycles. The largest absolute Gasteiger partial charge is 0.398 e. The van der Waals surface area contributed by atoms with Crippen LogP contribution in [-0.4, -0.2) is 4.92 Å². The Morgan fingerprint density at radius 1 is 1.50 bits per heavy atom. The first kappa shape index (κ1) is 9.42. The van der Waals surface area contributed by atoms with Crippen molar-refractivity contribution in [1.82, 2.24) is 0 Å². The molecule has 0 radical (unpaired) electrons. The number of nitrogens with two attached hydrogens (primary N) is 1. The number of rotatable bonds is 1. The van der Waals surface area contributed by atoms with Crippen LogP contribution in [0.2, 0.25) is 0 Å². The molecule has 2 rings (SSSR count). The van der Waals surface area contributed by atoms with E-state index in [1.807, 2.05) is 0 Å². The van der Waals surface area contributed by atoms with E-state index < -0.39 is 0 Å². The lowest BCUT2D eigenvalue weighted by molar-refractivity contribution is -0.382. The minimum absolute atomic E-state index is 0.130. The fraction of sp³-hybridized carbons (Fsp3) is 0. The number of benzene rings is 1. The first-order valence-electron chi connectivity index (χ1n) is 3.70. The number of anilines is 1. The number of nitrogen functional groups attached to an aromatic ring is 1. The molecular formula is C8H5BrN2O2S. The summed E-state index contributed by atoms with van der Waals surface area (Å²) in [4.78, 5) is 10.3. The first-order valence-corrected chi connectivity index (χ1v) is 5.37. The molecule has 6 heteroatoms. The fourth-order valence-corrected chi connectivity index (χ4v) is 2.47. The standard InChI is InChI=1S/C8H5BrN2O2S/c9-5-1-4-7(11(12)13)3-14-8(4)2-6(5)10/h1-3H,10H2. The lowest BCUT2D eigenvalue weighted by atomic mass is 10.2. The van der Waals surface area contributed by atoms with Gasteiger partial charge in [0.1, 0.15) is 0 Å². The van der Waals surface area contributed by atoms with Crippen molar-refractivity contribution >= 4 is 48.7 Å². The number of halogens is 1. The molecule has 0 bridgehead atoms. The van der Waals surface area contributed by atoms with Gasteiger partial charge in [-0.3, -0.25) is 10.1 Å². The summed E-state index contributed by atoms with van der Waals surface area (Å²) in [5.74, 6) is 0. The van der Waals surface area contributed by atoms with E-state index in [0.29, 0.717) is 15.5 Å². The summed E-state index contributed by atoms with van der Waals surface area (Å²) in [7, 11) is 0. The van der Waals surface area contributed by atoms with Gasteiger partial charge in [0.15, 0.2) is 0 Å². The summed E-state index contributed by atoms with van der Waals surface area (Å²) in [5.41, 5.74) is 6.38. The number of hydrogen-bond acceptors (Lipinski definition) is 4. The van der Waals surface area contributed by atoms with Gasteiger partial charge in [-0.1, -0.05) is 0 Å². The van der Waals surface area contributed by atoms with Gasteiger partial charge in [0.25, 0.3) is 5.69 Å². The van der Waals surface area contributed by atoms with Gasteiger partial charge >= 0.3 is 0 Å². The van der Waals surface area contributed by atoms with Crippen molar-refractivity contribution in [2.24, 2.45) is 0 Å². The third-order valence-electron chi connectivity index (χ3n) is 1.87. The monoisotopic (exact) mass is 272 g/mol. The Bertz CT molecular complexity index is 523. The highest BCUT2D eigenvalue weighted by Gasteiger charge is 2.15. The molecule has 0 atom stereocenters. The highest BCUT2D eigenvalue weighted by atomic mass is 79.9. The average molecular weight is 273 g/mol. The van der Waals surface area contributed by atoms with E-state index >= 15 is 0 Å². The van der Waals surface area contributed by atoms with Crippen molar-refractivity contribution in [3.8, 4) is 0 Å². The average Bonchev–Trinajstić information content (AvgIpc) is 2.48. The maximum atomic E-state index is 10.6. The lowest BCUT2D eigenvalue weighted by Gasteiger charge is -1.97. The van der Waals surface area contributed by atoms with Crippen LogP contribution in [0.5, 0.6) is 0 Å². The summed E-state index contributed by atoms with van der Waals surface area (Å²) in [6.45, 7) is 0. The molecular weight excluding hydrogens is 268 g/mol. The minimum atomic E-state index is -0.387. The highest BCUT2D eigenvalue weighted by Crippen LogP contribution is 2.36. The molecule has 0 amide bonds. The van der Waals surface area contributed by atoms with Crippen LogP contribution in [0.4, 0.5) is 11.4 Å². The number of thiophene rings is 1. The van der Waals surface area contributed by atoms with Crippen LogP contribution in [0.25, 0.3) is 10.1 Å². The molecule has 0 unspecified atom stereocenters. The van der Waals surface area contributed by atoms with Gasteiger partial charge in [-0.25, -0.2) is 0 Å². The lowest BCUT2D eigenvalue weighted by Crippen LogP contribution is -1.87. The Morgan fingerprint density at radius 3 is 2.86 bits per heavy atom. The maximum Gasteiger partial charge on any atom is 0.287 e. The molecule has 0 spiro atoms. The van der Waals surface area contributed by atoms with Gasteiger partial charge < -0.3 is 5.73 Å². The van der Waals surface area contributed by atoms with Crippen LogP contribution in [0, 0.1) is 10.1 Å². The zero-order valence-electron chi connectivity index (χ0n) is 6.86. The quantitative estimate of drug-likeness (QED) is 0.493. The normalized spacial score (nSPS) is 10.6. The second-order valence-corrected chi connectivity index (χ2v) is 4.51. The second-order valence-electron chi connectivity index (χ2n) is 2.75. The van der Waals surface area contributed by atoms with E-state index in [1.165, 1.54) is 16.7 Å². The summed E-state index contributed by atoms with van der Waals surface area (Å²) >= 11 is 4.56. The Hall–Kier alpha value is -1.14. The SMILES string of the molecule is Nc1cc2scc([N+](=O)[O-])c2cc1Br. The molecule has 0 saturated carbocycles. The topological polar surface area (TPSA) is 69.2 Å². The molecule has 0 fully saturated rings. The van der Waals surface area contributed by atoms with Crippen LogP contribution < -0.4 is 5.73 Å².